The predicted molar refractivity (Wildman–Crippen MR) is 117 cm³/mol. The van der Waals surface area contributed by atoms with Crippen molar-refractivity contribution in [2.75, 3.05) is 6.61 Å². The summed E-state index contributed by atoms with van der Waals surface area (Å²) in [6, 6.07) is -0.549. The van der Waals surface area contributed by atoms with Crippen molar-refractivity contribution in [2.45, 2.75) is 109 Å². The number of hydrogen-bond acceptors (Lipinski definition) is 3. The SMILES string of the molecule is [B][C@H]1C=C(NC(=O)CCCCCCC/C=C\CCCCCCCC)[C@@H](CO)O1. The molecule has 0 unspecified atom stereocenters. The van der Waals surface area contributed by atoms with Gasteiger partial charge in [0.1, 0.15) is 14.0 Å². The van der Waals surface area contributed by atoms with Crippen LogP contribution in [0.15, 0.2) is 23.9 Å². The Balaban J connectivity index is 1.89. The van der Waals surface area contributed by atoms with Gasteiger partial charge in [-0.15, -0.1) is 0 Å². The zero-order valence-corrected chi connectivity index (χ0v) is 17.8. The van der Waals surface area contributed by atoms with Gasteiger partial charge in [-0.1, -0.05) is 70.4 Å². The molecule has 4 nitrogen and oxygen atoms in total. The molecule has 1 rings (SSSR count). The van der Waals surface area contributed by atoms with E-state index in [1.165, 1.54) is 70.6 Å². The summed E-state index contributed by atoms with van der Waals surface area (Å²) in [6.07, 6.45) is 22.5. The Labute approximate surface area is 173 Å². The molecule has 0 aromatic heterocycles. The highest BCUT2D eigenvalue weighted by molar-refractivity contribution is 6.12. The van der Waals surface area contributed by atoms with E-state index in [4.69, 9.17) is 12.6 Å². The van der Waals surface area contributed by atoms with Crippen molar-refractivity contribution in [1.29, 1.82) is 0 Å². The van der Waals surface area contributed by atoms with Gasteiger partial charge in [0.15, 0.2) is 0 Å². The molecule has 2 atom stereocenters. The number of aliphatic hydroxyl groups is 1. The van der Waals surface area contributed by atoms with Crippen LogP contribution in [0.4, 0.5) is 0 Å². The number of aliphatic hydroxyl groups excluding tert-OH is 1. The molecule has 158 valence electrons. The van der Waals surface area contributed by atoms with Crippen molar-refractivity contribution in [2.24, 2.45) is 0 Å². The van der Waals surface area contributed by atoms with Crippen LogP contribution in [-0.2, 0) is 9.53 Å². The Morgan fingerprint density at radius 1 is 1.04 bits per heavy atom. The lowest BCUT2D eigenvalue weighted by Crippen LogP contribution is -2.30. The maximum Gasteiger partial charge on any atom is 0.224 e. The Morgan fingerprint density at radius 2 is 1.61 bits per heavy atom. The van der Waals surface area contributed by atoms with E-state index in [9.17, 15) is 9.90 Å². The molecular formula is C23H40BNO3. The number of allylic oxidation sites excluding steroid dienone is 2. The van der Waals surface area contributed by atoms with Gasteiger partial charge in [0.25, 0.3) is 0 Å². The van der Waals surface area contributed by atoms with Gasteiger partial charge >= 0.3 is 0 Å². The predicted octanol–water partition coefficient (Wildman–Crippen LogP) is 4.91. The fourth-order valence-corrected chi connectivity index (χ4v) is 3.43. The summed E-state index contributed by atoms with van der Waals surface area (Å²) in [6.45, 7) is 2.09. The minimum atomic E-state index is -0.549. The zero-order valence-electron chi connectivity index (χ0n) is 17.8. The van der Waals surface area contributed by atoms with Crippen LogP contribution >= 0.6 is 0 Å². The molecule has 0 saturated carbocycles. The van der Waals surface area contributed by atoms with Crippen LogP contribution in [0.1, 0.15) is 96.8 Å². The third kappa shape index (κ3) is 12.4. The van der Waals surface area contributed by atoms with E-state index in [1.54, 1.807) is 6.08 Å². The highest BCUT2D eigenvalue weighted by Gasteiger charge is 2.24. The normalized spacial score (nSPS) is 19.3. The van der Waals surface area contributed by atoms with Crippen LogP contribution in [0.5, 0.6) is 0 Å². The lowest BCUT2D eigenvalue weighted by molar-refractivity contribution is -0.120. The molecule has 0 bridgehead atoms. The van der Waals surface area contributed by atoms with Crippen LogP contribution in [0.25, 0.3) is 0 Å². The molecular weight excluding hydrogens is 349 g/mol. The van der Waals surface area contributed by atoms with E-state index in [0.717, 1.165) is 12.8 Å². The van der Waals surface area contributed by atoms with E-state index < -0.39 is 12.1 Å². The Kier molecular flexibility index (Phi) is 15.0. The molecule has 1 aliphatic rings. The number of unbranched alkanes of at least 4 members (excludes halogenated alkanes) is 11. The van der Waals surface area contributed by atoms with Crippen LogP contribution in [0, 0.1) is 0 Å². The monoisotopic (exact) mass is 389 g/mol. The molecule has 1 aliphatic heterocycles. The molecule has 1 amide bonds. The maximum absolute atomic E-state index is 12.0. The average Bonchev–Trinajstić information content (AvgIpc) is 3.04. The van der Waals surface area contributed by atoms with E-state index in [-0.39, 0.29) is 12.5 Å². The van der Waals surface area contributed by atoms with Gasteiger partial charge in [-0.05, 0) is 38.2 Å². The molecule has 2 N–H and O–H groups in total. The first-order chi connectivity index (χ1) is 13.7. The Bertz CT molecular complexity index is 465. The summed E-state index contributed by atoms with van der Waals surface area (Å²) in [5.41, 5.74) is 0.591. The molecule has 0 spiro atoms. The van der Waals surface area contributed by atoms with Crippen LogP contribution in [-0.4, -0.2) is 37.6 Å². The summed E-state index contributed by atoms with van der Waals surface area (Å²) < 4.78 is 5.27. The minimum Gasteiger partial charge on any atom is -0.393 e. The number of rotatable bonds is 17. The zero-order chi connectivity index (χ0) is 20.5. The van der Waals surface area contributed by atoms with Crippen molar-refractivity contribution in [3.8, 4) is 0 Å². The maximum atomic E-state index is 12.0. The average molecular weight is 389 g/mol. The van der Waals surface area contributed by atoms with Gasteiger partial charge in [0, 0.05) is 18.1 Å². The summed E-state index contributed by atoms with van der Waals surface area (Å²) in [5, 5.41) is 12.0. The summed E-state index contributed by atoms with van der Waals surface area (Å²) in [4.78, 5) is 12.0. The molecule has 1 heterocycles. The van der Waals surface area contributed by atoms with Gasteiger partial charge < -0.3 is 15.2 Å². The topological polar surface area (TPSA) is 58.6 Å². The van der Waals surface area contributed by atoms with Crippen molar-refractivity contribution >= 4 is 13.8 Å². The molecule has 0 fully saturated rings. The van der Waals surface area contributed by atoms with Crippen LogP contribution in [0.2, 0.25) is 0 Å². The highest BCUT2D eigenvalue weighted by Crippen LogP contribution is 2.16. The molecule has 0 saturated heterocycles. The van der Waals surface area contributed by atoms with Gasteiger partial charge in [0.2, 0.25) is 5.91 Å². The summed E-state index contributed by atoms with van der Waals surface area (Å²) in [5.74, 6) is -0.0278. The van der Waals surface area contributed by atoms with E-state index in [0.29, 0.717) is 12.1 Å². The summed E-state index contributed by atoms with van der Waals surface area (Å²) in [7, 11) is 5.64. The van der Waals surface area contributed by atoms with Gasteiger partial charge in [-0.3, -0.25) is 4.79 Å². The third-order valence-electron chi connectivity index (χ3n) is 5.13. The lowest BCUT2D eigenvalue weighted by Gasteiger charge is -2.13. The largest absolute Gasteiger partial charge is 0.393 e. The number of nitrogens with one attached hydrogen (secondary N) is 1. The molecule has 5 heteroatoms. The van der Waals surface area contributed by atoms with Crippen molar-refractivity contribution in [3.05, 3.63) is 23.9 Å². The Morgan fingerprint density at radius 3 is 2.21 bits per heavy atom. The number of carbonyl (C=O) groups excluding carboxylic acids is 1. The smallest absolute Gasteiger partial charge is 0.224 e. The third-order valence-corrected chi connectivity index (χ3v) is 5.13. The van der Waals surface area contributed by atoms with E-state index >= 15 is 0 Å². The number of carbonyl (C=O) groups is 1. The quantitative estimate of drug-likeness (QED) is 0.211. The second-order valence-electron chi connectivity index (χ2n) is 7.78. The first-order valence-corrected chi connectivity index (χ1v) is 11.4. The number of ether oxygens (including phenoxy) is 1. The first-order valence-electron chi connectivity index (χ1n) is 11.4. The summed E-state index contributed by atoms with van der Waals surface area (Å²) >= 11 is 0. The molecule has 0 aliphatic carbocycles. The first kappa shape index (κ1) is 25.0. The van der Waals surface area contributed by atoms with Crippen LogP contribution < -0.4 is 5.32 Å². The number of hydrogen-bond donors (Lipinski definition) is 2. The minimum absolute atomic E-state index is 0.0278. The number of amides is 1. The Hall–Kier alpha value is -1.07. The van der Waals surface area contributed by atoms with Gasteiger partial charge in [-0.2, -0.15) is 0 Å². The van der Waals surface area contributed by atoms with Crippen molar-refractivity contribution in [3.63, 3.8) is 0 Å². The highest BCUT2D eigenvalue weighted by atomic mass is 16.5. The second-order valence-corrected chi connectivity index (χ2v) is 7.78. The standard InChI is InChI=1S/C23H40BNO3/c1-2-3-4-5-6-7-8-9-10-11-12-13-14-15-16-17-23(27)25-20-18-22(24)28-21(20)19-26/h9-10,18,21-22,26H,2-8,11-17,19H2,1H3,(H,25,27)/b10-9-/t21-,22-/m1/s1. The molecule has 0 aromatic rings. The van der Waals surface area contributed by atoms with Crippen molar-refractivity contribution < 1.29 is 14.6 Å². The van der Waals surface area contributed by atoms with E-state index in [1.807, 2.05) is 0 Å². The fraction of sp³-hybridized carbons (Fsp3) is 0.783. The van der Waals surface area contributed by atoms with Crippen molar-refractivity contribution in [1.82, 2.24) is 5.32 Å². The molecule has 2 radical (unpaired) electrons. The molecule has 28 heavy (non-hydrogen) atoms. The second kappa shape index (κ2) is 16.9. The van der Waals surface area contributed by atoms with Crippen LogP contribution in [0.3, 0.4) is 0 Å². The van der Waals surface area contributed by atoms with Gasteiger partial charge in [-0.25, -0.2) is 0 Å². The fourth-order valence-electron chi connectivity index (χ4n) is 3.43. The van der Waals surface area contributed by atoms with Gasteiger partial charge in [0.05, 0.1) is 6.61 Å². The molecule has 0 aromatic carbocycles. The van der Waals surface area contributed by atoms with E-state index in [2.05, 4.69) is 24.4 Å². The lowest BCUT2D eigenvalue weighted by atomic mass is 10.0.